The van der Waals surface area contributed by atoms with E-state index >= 15 is 0 Å². The van der Waals surface area contributed by atoms with E-state index in [2.05, 4.69) is 6.92 Å². The van der Waals surface area contributed by atoms with Gasteiger partial charge in [0.1, 0.15) is 0 Å². The molecule has 1 aromatic heterocycles. The summed E-state index contributed by atoms with van der Waals surface area (Å²) in [6.45, 7) is 3.87. The van der Waals surface area contributed by atoms with Gasteiger partial charge in [-0.3, -0.25) is 4.79 Å². The number of likely N-dealkylation sites (tertiary alicyclic amines) is 1. The fraction of sp³-hybridized carbons (Fsp3) is 0.273. The van der Waals surface area contributed by atoms with Crippen molar-refractivity contribution < 1.29 is 4.79 Å². The minimum atomic E-state index is 0.102. The SMILES string of the molecule is CC1CCCN(C(=O)c2cc(-c3ccc(Cl)cc3)nc3ccccc23)C1. The highest BCUT2D eigenvalue weighted by Crippen LogP contribution is 2.28. The fourth-order valence-electron chi connectivity index (χ4n) is 3.67. The molecule has 4 rings (SSSR count). The molecule has 0 radical (unpaired) electrons. The molecule has 0 N–H and O–H groups in total. The molecule has 132 valence electrons. The van der Waals surface area contributed by atoms with Gasteiger partial charge in [0.25, 0.3) is 5.91 Å². The molecule has 2 heterocycles. The van der Waals surface area contributed by atoms with Gasteiger partial charge in [-0.25, -0.2) is 4.98 Å². The molecule has 1 aliphatic heterocycles. The van der Waals surface area contributed by atoms with E-state index in [9.17, 15) is 4.79 Å². The molecule has 0 saturated carbocycles. The molecular formula is C22H21ClN2O. The number of amides is 1. The van der Waals surface area contributed by atoms with Crippen LogP contribution >= 0.6 is 11.6 Å². The highest BCUT2D eigenvalue weighted by molar-refractivity contribution is 6.30. The second-order valence-electron chi connectivity index (χ2n) is 7.08. The van der Waals surface area contributed by atoms with Crippen LogP contribution in [0.1, 0.15) is 30.1 Å². The number of hydrogen-bond acceptors (Lipinski definition) is 2. The normalized spacial score (nSPS) is 17.5. The molecule has 3 aromatic rings. The van der Waals surface area contributed by atoms with Gasteiger partial charge in [-0.1, -0.05) is 48.9 Å². The minimum Gasteiger partial charge on any atom is -0.338 e. The molecule has 2 aromatic carbocycles. The van der Waals surface area contributed by atoms with Crippen LogP contribution in [0, 0.1) is 5.92 Å². The summed E-state index contributed by atoms with van der Waals surface area (Å²) in [6.07, 6.45) is 2.26. The smallest absolute Gasteiger partial charge is 0.254 e. The molecule has 0 aliphatic carbocycles. The maximum Gasteiger partial charge on any atom is 0.254 e. The zero-order valence-electron chi connectivity index (χ0n) is 14.8. The predicted octanol–water partition coefficient (Wildman–Crippen LogP) is 5.43. The van der Waals surface area contributed by atoms with Gasteiger partial charge in [0.2, 0.25) is 0 Å². The summed E-state index contributed by atoms with van der Waals surface area (Å²) in [5.74, 6) is 0.655. The molecule has 1 saturated heterocycles. The van der Waals surface area contributed by atoms with E-state index in [1.165, 1.54) is 6.42 Å². The number of piperidine rings is 1. The lowest BCUT2D eigenvalue weighted by molar-refractivity contribution is 0.0685. The van der Waals surface area contributed by atoms with E-state index in [-0.39, 0.29) is 5.91 Å². The Hall–Kier alpha value is -2.39. The van der Waals surface area contributed by atoms with Crippen LogP contribution in [0.3, 0.4) is 0 Å². The first kappa shape index (κ1) is 17.0. The molecule has 0 bridgehead atoms. The van der Waals surface area contributed by atoms with Crippen molar-refractivity contribution in [3.05, 3.63) is 65.2 Å². The number of carbonyl (C=O) groups excluding carboxylic acids is 1. The Morgan fingerprint density at radius 2 is 1.92 bits per heavy atom. The minimum absolute atomic E-state index is 0.102. The number of halogens is 1. The average Bonchev–Trinajstić information content (AvgIpc) is 2.67. The van der Waals surface area contributed by atoms with Gasteiger partial charge in [0.05, 0.1) is 16.8 Å². The van der Waals surface area contributed by atoms with Crippen molar-refractivity contribution in [3.63, 3.8) is 0 Å². The summed E-state index contributed by atoms with van der Waals surface area (Å²) in [7, 11) is 0. The first-order valence-corrected chi connectivity index (χ1v) is 9.44. The first-order chi connectivity index (χ1) is 12.6. The standard InChI is InChI=1S/C22H21ClN2O/c1-15-5-4-12-25(14-15)22(26)19-13-21(16-8-10-17(23)11-9-16)24-20-7-3-2-6-18(19)20/h2-3,6-11,13,15H,4-5,12,14H2,1H3. The summed E-state index contributed by atoms with van der Waals surface area (Å²) >= 11 is 6.01. The number of benzene rings is 2. The summed E-state index contributed by atoms with van der Waals surface area (Å²) in [5, 5.41) is 1.60. The lowest BCUT2D eigenvalue weighted by Gasteiger charge is -2.31. The third-order valence-electron chi connectivity index (χ3n) is 5.03. The van der Waals surface area contributed by atoms with Crippen LogP contribution in [-0.4, -0.2) is 28.9 Å². The van der Waals surface area contributed by atoms with Crippen LogP contribution in [0.5, 0.6) is 0 Å². The van der Waals surface area contributed by atoms with Crippen molar-refractivity contribution in [2.24, 2.45) is 5.92 Å². The number of nitrogens with zero attached hydrogens (tertiary/aromatic N) is 2. The van der Waals surface area contributed by atoms with Crippen LogP contribution in [0.25, 0.3) is 22.2 Å². The van der Waals surface area contributed by atoms with Crippen molar-refractivity contribution in [1.29, 1.82) is 0 Å². The number of pyridine rings is 1. The van der Waals surface area contributed by atoms with Crippen molar-refractivity contribution >= 4 is 28.4 Å². The molecular weight excluding hydrogens is 344 g/mol. The quantitative estimate of drug-likeness (QED) is 0.607. The van der Waals surface area contributed by atoms with Gasteiger partial charge < -0.3 is 4.90 Å². The number of hydrogen-bond donors (Lipinski definition) is 0. The summed E-state index contributed by atoms with van der Waals surface area (Å²) in [6, 6.07) is 17.4. The van der Waals surface area contributed by atoms with Crippen molar-refractivity contribution in [2.75, 3.05) is 13.1 Å². The van der Waals surface area contributed by atoms with E-state index in [0.29, 0.717) is 10.9 Å². The molecule has 1 atom stereocenters. The second kappa shape index (κ2) is 7.08. The van der Waals surface area contributed by atoms with Gasteiger partial charge in [-0.2, -0.15) is 0 Å². The molecule has 1 unspecified atom stereocenters. The molecule has 3 nitrogen and oxygen atoms in total. The van der Waals surface area contributed by atoms with Crippen LogP contribution in [0.4, 0.5) is 0 Å². The van der Waals surface area contributed by atoms with Crippen molar-refractivity contribution in [2.45, 2.75) is 19.8 Å². The third kappa shape index (κ3) is 3.32. The Labute approximate surface area is 158 Å². The third-order valence-corrected chi connectivity index (χ3v) is 5.28. The molecule has 26 heavy (non-hydrogen) atoms. The Bertz CT molecular complexity index is 952. The molecule has 1 amide bonds. The zero-order chi connectivity index (χ0) is 18.1. The molecule has 4 heteroatoms. The van der Waals surface area contributed by atoms with Crippen LogP contribution in [0.2, 0.25) is 5.02 Å². The van der Waals surface area contributed by atoms with Gasteiger partial charge in [0, 0.05) is 29.1 Å². The highest BCUT2D eigenvalue weighted by Gasteiger charge is 2.24. The lowest BCUT2D eigenvalue weighted by atomic mass is 9.98. The van der Waals surface area contributed by atoms with E-state index in [0.717, 1.165) is 47.2 Å². The number of fused-ring (bicyclic) bond motifs is 1. The highest BCUT2D eigenvalue weighted by atomic mass is 35.5. The van der Waals surface area contributed by atoms with Crippen LogP contribution in [0.15, 0.2) is 54.6 Å². The number of para-hydroxylation sites is 1. The summed E-state index contributed by atoms with van der Waals surface area (Å²) in [4.78, 5) is 20.0. The predicted molar refractivity (Wildman–Crippen MR) is 106 cm³/mol. The van der Waals surface area contributed by atoms with Crippen molar-refractivity contribution in [3.8, 4) is 11.3 Å². The first-order valence-electron chi connectivity index (χ1n) is 9.07. The fourth-order valence-corrected chi connectivity index (χ4v) is 3.79. The average molecular weight is 365 g/mol. The molecule has 0 spiro atoms. The van der Waals surface area contributed by atoms with Crippen LogP contribution in [-0.2, 0) is 0 Å². The zero-order valence-corrected chi connectivity index (χ0v) is 15.5. The molecule has 1 fully saturated rings. The van der Waals surface area contributed by atoms with E-state index in [1.807, 2.05) is 59.5 Å². The monoisotopic (exact) mass is 364 g/mol. The van der Waals surface area contributed by atoms with Gasteiger partial charge in [-0.15, -0.1) is 0 Å². The van der Waals surface area contributed by atoms with Gasteiger partial charge >= 0.3 is 0 Å². The summed E-state index contributed by atoms with van der Waals surface area (Å²) < 4.78 is 0. The lowest BCUT2D eigenvalue weighted by Crippen LogP contribution is -2.39. The number of rotatable bonds is 2. The van der Waals surface area contributed by atoms with Gasteiger partial charge in [-0.05, 0) is 43.0 Å². The Morgan fingerprint density at radius 1 is 1.15 bits per heavy atom. The van der Waals surface area contributed by atoms with E-state index < -0.39 is 0 Å². The maximum absolute atomic E-state index is 13.3. The maximum atomic E-state index is 13.3. The van der Waals surface area contributed by atoms with E-state index in [4.69, 9.17) is 16.6 Å². The number of carbonyl (C=O) groups is 1. The number of aromatic nitrogens is 1. The second-order valence-corrected chi connectivity index (χ2v) is 7.51. The van der Waals surface area contributed by atoms with Gasteiger partial charge in [0.15, 0.2) is 0 Å². The van der Waals surface area contributed by atoms with Crippen LogP contribution < -0.4 is 0 Å². The summed E-state index contributed by atoms with van der Waals surface area (Å²) in [5.41, 5.74) is 3.33. The molecule has 1 aliphatic rings. The topological polar surface area (TPSA) is 33.2 Å². The van der Waals surface area contributed by atoms with E-state index in [1.54, 1.807) is 0 Å². The Kier molecular flexibility index (Phi) is 4.64. The van der Waals surface area contributed by atoms with Crippen molar-refractivity contribution in [1.82, 2.24) is 9.88 Å². The Morgan fingerprint density at radius 3 is 2.69 bits per heavy atom. The largest absolute Gasteiger partial charge is 0.338 e. The Balaban J connectivity index is 1.82.